The maximum Gasteiger partial charge on any atom is 0.275 e. The fourth-order valence-electron chi connectivity index (χ4n) is 1.73. The molecule has 10 heteroatoms. The van der Waals surface area contributed by atoms with Gasteiger partial charge >= 0.3 is 0 Å². The topological polar surface area (TPSA) is 110 Å². The summed E-state index contributed by atoms with van der Waals surface area (Å²) in [5, 5.41) is 3.34. The van der Waals surface area contributed by atoms with Crippen molar-refractivity contribution in [1.82, 2.24) is 19.3 Å². The highest BCUT2D eigenvalue weighted by molar-refractivity contribution is 7.88. The summed E-state index contributed by atoms with van der Waals surface area (Å²) in [6, 6.07) is 1.22. The molecule has 120 valence electrons. The van der Waals surface area contributed by atoms with Crippen LogP contribution in [0.5, 0.6) is 0 Å². The Hall–Kier alpha value is -2.20. The third-order valence-corrected chi connectivity index (χ3v) is 4.66. The largest absolute Gasteiger partial charge is 0.448 e. The molecule has 0 saturated heterocycles. The maximum atomic E-state index is 12.4. The molecule has 0 aliphatic carbocycles. The van der Waals surface area contributed by atoms with E-state index in [2.05, 4.69) is 14.7 Å². The SMILES string of the molecule is Cc1oc(S(=O)(=O)N(C)C)cc1C(=O)N(C)Cc1ncon1. The van der Waals surface area contributed by atoms with Crippen LogP contribution in [-0.4, -0.2) is 54.8 Å². The van der Waals surface area contributed by atoms with Gasteiger partial charge in [0.25, 0.3) is 15.9 Å². The molecule has 2 rings (SSSR count). The van der Waals surface area contributed by atoms with Gasteiger partial charge in [-0.25, -0.2) is 12.7 Å². The lowest BCUT2D eigenvalue weighted by Gasteiger charge is -2.13. The van der Waals surface area contributed by atoms with Crippen molar-refractivity contribution in [1.29, 1.82) is 0 Å². The van der Waals surface area contributed by atoms with Crippen LogP contribution in [-0.2, 0) is 16.6 Å². The lowest BCUT2D eigenvalue weighted by atomic mass is 10.2. The number of carbonyl (C=O) groups excluding carboxylic acids is 1. The summed E-state index contributed by atoms with van der Waals surface area (Å²) in [5.41, 5.74) is 0.173. The number of rotatable bonds is 5. The fourth-order valence-corrected chi connectivity index (χ4v) is 2.58. The molecule has 0 aliphatic rings. The van der Waals surface area contributed by atoms with Crippen LogP contribution in [0.3, 0.4) is 0 Å². The summed E-state index contributed by atoms with van der Waals surface area (Å²) < 4.78 is 34.9. The minimum absolute atomic E-state index is 0.135. The summed E-state index contributed by atoms with van der Waals surface area (Å²) in [4.78, 5) is 17.5. The molecule has 0 radical (unpaired) electrons. The maximum absolute atomic E-state index is 12.4. The van der Waals surface area contributed by atoms with Crippen molar-refractivity contribution < 1.29 is 22.2 Å². The fraction of sp³-hybridized carbons (Fsp3) is 0.417. The van der Waals surface area contributed by atoms with E-state index in [1.807, 2.05) is 0 Å². The van der Waals surface area contributed by atoms with Gasteiger partial charge in [0.1, 0.15) is 5.76 Å². The van der Waals surface area contributed by atoms with E-state index in [1.165, 1.54) is 38.4 Å². The lowest BCUT2D eigenvalue weighted by molar-refractivity contribution is 0.0779. The molecule has 0 aliphatic heterocycles. The average Bonchev–Trinajstić information content (AvgIpc) is 3.07. The van der Waals surface area contributed by atoms with Crippen LogP contribution in [0.4, 0.5) is 0 Å². The van der Waals surface area contributed by atoms with E-state index < -0.39 is 15.9 Å². The molecule has 0 atom stereocenters. The number of sulfonamides is 1. The van der Waals surface area contributed by atoms with Crippen LogP contribution in [0.1, 0.15) is 21.9 Å². The molecule has 0 N–H and O–H groups in total. The number of amides is 1. The molecule has 0 bridgehead atoms. The van der Waals surface area contributed by atoms with Gasteiger partial charge in [0, 0.05) is 27.2 Å². The number of nitrogens with zero attached hydrogens (tertiary/aromatic N) is 4. The Labute approximate surface area is 127 Å². The zero-order valence-corrected chi connectivity index (χ0v) is 13.4. The standard InChI is InChI=1S/C12H16N4O5S/c1-8-9(5-11(21-8)22(18,19)15(2)3)12(17)16(4)6-10-13-7-20-14-10/h5,7H,6H2,1-4H3. The van der Waals surface area contributed by atoms with Crippen molar-refractivity contribution in [2.75, 3.05) is 21.1 Å². The number of aryl methyl sites for hydroxylation is 1. The molecule has 0 spiro atoms. The summed E-state index contributed by atoms with van der Waals surface area (Å²) in [7, 11) is 0.587. The minimum atomic E-state index is -3.73. The first-order chi connectivity index (χ1) is 10.2. The Kier molecular flexibility index (Phi) is 4.33. The molecule has 0 aromatic carbocycles. The van der Waals surface area contributed by atoms with E-state index in [-0.39, 0.29) is 23.0 Å². The first kappa shape index (κ1) is 16.2. The molecule has 0 unspecified atom stereocenters. The second-order valence-corrected chi connectivity index (χ2v) is 6.91. The third kappa shape index (κ3) is 3.02. The van der Waals surface area contributed by atoms with Gasteiger partial charge in [0.15, 0.2) is 5.82 Å². The van der Waals surface area contributed by atoms with Crippen molar-refractivity contribution in [3.63, 3.8) is 0 Å². The highest BCUT2D eigenvalue weighted by Crippen LogP contribution is 2.22. The third-order valence-electron chi connectivity index (χ3n) is 2.99. The molecule has 1 amide bonds. The van der Waals surface area contributed by atoms with E-state index in [1.54, 1.807) is 7.05 Å². The normalized spacial score (nSPS) is 11.9. The van der Waals surface area contributed by atoms with E-state index in [9.17, 15) is 13.2 Å². The Balaban J connectivity index is 2.26. The van der Waals surface area contributed by atoms with Gasteiger partial charge in [0.2, 0.25) is 11.5 Å². The zero-order chi connectivity index (χ0) is 16.5. The number of carbonyl (C=O) groups is 1. The Morgan fingerprint density at radius 2 is 2.00 bits per heavy atom. The van der Waals surface area contributed by atoms with Gasteiger partial charge < -0.3 is 13.8 Å². The van der Waals surface area contributed by atoms with Crippen LogP contribution >= 0.6 is 0 Å². The van der Waals surface area contributed by atoms with Gasteiger partial charge in [-0.15, -0.1) is 0 Å². The number of aromatic nitrogens is 2. The van der Waals surface area contributed by atoms with E-state index >= 15 is 0 Å². The highest BCUT2D eigenvalue weighted by Gasteiger charge is 2.27. The number of hydrogen-bond donors (Lipinski definition) is 0. The van der Waals surface area contributed by atoms with Crippen LogP contribution in [0.15, 0.2) is 26.5 Å². The molecule has 2 aromatic heterocycles. The molecule has 9 nitrogen and oxygen atoms in total. The smallest absolute Gasteiger partial charge is 0.275 e. The average molecular weight is 328 g/mol. The van der Waals surface area contributed by atoms with Gasteiger partial charge in [0.05, 0.1) is 12.1 Å². The molecule has 2 aromatic rings. The predicted octanol–water partition coefficient (Wildman–Crippen LogP) is 0.494. The van der Waals surface area contributed by atoms with Gasteiger partial charge in [-0.05, 0) is 6.92 Å². The molecule has 0 saturated carbocycles. The zero-order valence-electron chi connectivity index (χ0n) is 12.6. The summed E-state index contributed by atoms with van der Waals surface area (Å²) in [6.07, 6.45) is 1.17. The molecular weight excluding hydrogens is 312 g/mol. The monoisotopic (exact) mass is 328 g/mol. The molecular formula is C12H16N4O5S. The van der Waals surface area contributed by atoms with Crippen LogP contribution in [0.2, 0.25) is 0 Å². The Bertz CT molecular complexity index is 764. The first-order valence-electron chi connectivity index (χ1n) is 6.27. The highest BCUT2D eigenvalue weighted by atomic mass is 32.2. The summed E-state index contributed by atoms with van der Waals surface area (Å²) in [5.74, 6) is 0.176. The van der Waals surface area contributed by atoms with Crippen molar-refractivity contribution >= 4 is 15.9 Å². The first-order valence-corrected chi connectivity index (χ1v) is 7.71. The molecule has 22 heavy (non-hydrogen) atoms. The van der Waals surface area contributed by atoms with Crippen molar-refractivity contribution in [3.05, 3.63) is 29.6 Å². The number of furan rings is 1. The Morgan fingerprint density at radius 1 is 1.32 bits per heavy atom. The van der Waals surface area contributed by atoms with Crippen molar-refractivity contribution in [2.24, 2.45) is 0 Å². The van der Waals surface area contributed by atoms with Gasteiger partial charge in [-0.3, -0.25) is 4.79 Å². The quantitative estimate of drug-likeness (QED) is 0.785. The van der Waals surface area contributed by atoms with Gasteiger partial charge in [-0.1, -0.05) is 5.16 Å². The number of hydrogen-bond acceptors (Lipinski definition) is 7. The molecule has 0 fully saturated rings. The van der Waals surface area contributed by atoms with Crippen LogP contribution in [0, 0.1) is 6.92 Å². The second-order valence-electron chi connectivity index (χ2n) is 4.83. The predicted molar refractivity (Wildman–Crippen MR) is 74.4 cm³/mol. The van der Waals surface area contributed by atoms with E-state index in [0.717, 1.165) is 4.31 Å². The van der Waals surface area contributed by atoms with E-state index in [4.69, 9.17) is 4.42 Å². The second kappa shape index (κ2) is 5.89. The van der Waals surface area contributed by atoms with Crippen LogP contribution in [0.25, 0.3) is 0 Å². The van der Waals surface area contributed by atoms with E-state index in [0.29, 0.717) is 5.82 Å². The molecule has 2 heterocycles. The minimum Gasteiger partial charge on any atom is -0.448 e. The van der Waals surface area contributed by atoms with Crippen LogP contribution < -0.4 is 0 Å². The van der Waals surface area contributed by atoms with Crippen molar-refractivity contribution in [3.8, 4) is 0 Å². The van der Waals surface area contributed by atoms with Gasteiger partial charge in [-0.2, -0.15) is 4.98 Å². The lowest BCUT2D eigenvalue weighted by Crippen LogP contribution is -2.27. The summed E-state index contributed by atoms with van der Waals surface area (Å²) in [6.45, 7) is 1.67. The summed E-state index contributed by atoms with van der Waals surface area (Å²) >= 11 is 0. The Morgan fingerprint density at radius 3 is 2.55 bits per heavy atom. The van der Waals surface area contributed by atoms with Crippen molar-refractivity contribution in [2.45, 2.75) is 18.6 Å².